The molecule has 0 radical (unpaired) electrons. The number of nitrogens with zero attached hydrogens (tertiary/aromatic N) is 1. The lowest BCUT2D eigenvalue weighted by Crippen LogP contribution is -2.42. The first-order valence-electron chi connectivity index (χ1n) is 5.14. The smallest absolute Gasteiger partial charge is 0.205 e. The Morgan fingerprint density at radius 2 is 2.23 bits per heavy atom. The summed E-state index contributed by atoms with van der Waals surface area (Å²) in [7, 11) is 0. The molecule has 0 saturated heterocycles. The molecule has 0 aromatic carbocycles. The van der Waals surface area contributed by atoms with Crippen molar-refractivity contribution in [2.75, 3.05) is 6.54 Å². The van der Waals surface area contributed by atoms with Crippen LogP contribution in [-0.4, -0.2) is 18.5 Å². The molecule has 1 aliphatic rings. The van der Waals surface area contributed by atoms with E-state index in [0.717, 1.165) is 18.9 Å². The molecule has 0 unspecified atom stereocenters. The van der Waals surface area contributed by atoms with Crippen molar-refractivity contribution in [2.45, 2.75) is 45.1 Å². The average molecular weight is 184 g/mol. The first-order chi connectivity index (χ1) is 6.36. The SMILES string of the molecule is CCCCCN=C(NN)NC1CC1. The molecular weight excluding hydrogens is 164 g/mol. The van der Waals surface area contributed by atoms with E-state index in [1.54, 1.807) is 0 Å². The van der Waals surface area contributed by atoms with Gasteiger partial charge in [-0.1, -0.05) is 19.8 Å². The molecule has 76 valence electrons. The van der Waals surface area contributed by atoms with E-state index in [4.69, 9.17) is 5.84 Å². The Morgan fingerprint density at radius 3 is 2.77 bits per heavy atom. The van der Waals surface area contributed by atoms with Crippen LogP contribution in [0.3, 0.4) is 0 Å². The van der Waals surface area contributed by atoms with Gasteiger partial charge in [-0.2, -0.15) is 0 Å². The van der Waals surface area contributed by atoms with E-state index in [1.165, 1.54) is 25.7 Å². The maximum Gasteiger partial charge on any atom is 0.205 e. The first-order valence-corrected chi connectivity index (χ1v) is 5.14. The van der Waals surface area contributed by atoms with Gasteiger partial charge in [-0.25, -0.2) is 5.84 Å². The maximum atomic E-state index is 5.32. The third-order valence-corrected chi connectivity index (χ3v) is 2.09. The van der Waals surface area contributed by atoms with Gasteiger partial charge < -0.3 is 5.32 Å². The second-order valence-corrected chi connectivity index (χ2v) is 3.50. The van der Waals surface area contributed by atoms with Crippen molar-refractivity contribution in [3.8, 4) is 0 Å². The first kappa shape index (κ1) is 10.3. The molecule has 1 rings (SSSR count). The zero-order chi connectivity index (χ0) is 9.52. The quantitative estimate of drug-likeness (QED) is 0.194. The maximum absolute atomic E-state index is 5.32. The van der Waals surface area contributed by atoms with Crippen LogP contribution >= 0.6 is 0 Å². The predicted molar refractivity (Wildman–Crippen MR) is 55.3 cm³/mol. The van der Waals surface area contributed by atoms with Gasteiger partial charge in [0, 0.05) is 12.6 Å². The van der Waals surface area contributed by atoms with Crippen LogP contribution in [0.2, 0.25) is 0 Å². The molecule has 4 N–H and O–H groups in total. The number of nitrogens with two attached hydrogens (primary N) is 1. The van der Waals surface area contributed by atoms with Crippen molar-refractivity contribution >= 4 is 5.96 Å². The Kier molecular flexibility index (Phi) is 4.60. The number of aliphatic imine (C=N–C) groups is 1. The van der Waals surface area contributed by atoms with Gasteiger partial charge in [-0.3, -0.25) is 10.4 Å². The minimum atomic E-state index is 0.612. The van der Waals surface area contributed by atoms with Gasteiger partial charge in [0.15, 0.2) is 0 Å². The molecule has 1 fully saturated rings. The third kappa shape index (κ3) is 4.72. The van der Waals surface area contributed by atoms with Crippen molar-refractivity contribution in [2.24, 2.45) is 10.8 Å². The highest BCUT2D eigenvalue weighted by atomic mass is 15.3. The van der Waals surface area contributed by atoms with Crippen LogP contribution in [0.4, 0.5) is 0 Å². The van der Waals surface area contributed by atoms with E-state index in [0.29, 0.717) is 6.04 Å². The van der Waals surface area contributed by atoms with Gasteiger partial charge in [-0.15, -0.1) is 0 Å². The highest BCUT2D eigenvalue weighted by Gasteiger charge is 2.21. The molecule has 0 atom stereocenters. The van der Waals surface area contributed by atoms with E-state index in [9.17, 15) is 0 Å². The Bertz CT molecular complexity index is 163. The number of hydrogen-bond donors (Lipinski definition) is 3. The summed E-state index contributed by atoms with van der Waals surface area (Å²) in [4.78, 5) is 4.33. The second kappa shape index (κ2) is 5.80. The molecule has 0 bridgehead atoms. The number of guanidine groups is 1. The van der Waals surface area contributed by atoms with E-state index < -0.39 is 0 Å². The fraction of sp³-hybridized carbons (Fsp3) is 0.889. The zero-order valence-electron chi connectivity index (χ0n) is 8.34. The van der Waals surface area contributed by atoms with E-state index in [-0.39, 0.29) is 0 Å². The number of rotatable bonds is 5. The monoisotopic (exact) mass is 184 g/mol. The highest BCUT2D eigenvalue weighted by molar-refractivity contribution is 5.79. The normalized spacial score (nSPS) is 17.2. The Morgan fingerprint density at radius 1 is 1.46 bits per heavy atom. The summed E-state index contributed by atoms with van der Waals surface area (Å²) >= 11 is 0. The summed E-state index contributed by atoms with van der Waals surface area (Å²) in [5.41, 5.74) is 2.59. The molecule has 0 amide bonds. The molecule has 4 nitrogen and oxygen atoms in total. The number of unbranched alkanes of at least 4 members (excludes halogenated alkanes) is 2. The molecule has 1 saturated carbocycles. The van der Waals surface area contributed by atoms with Gasteiger partial charge in [0.05, 0.1) is 0 Å². The largest absolute Gasteiger partial charge is 0.353 e. The van der Waals surface area contributed by atoms with Crippen LogP contribution < -0.4 is 16.6 Å². The predicted octanol–water partition coefficient (Wildman–Crippen LogP) is 0.748. The molecule has 1 aliphatic carbocycles. The van der Waals surface area contributed by atoms with Crippen molar-refractivity contribution in [1.29, 1.82) is 0 Å². The van der Waals surface area contributed by atoms with Gasteiger partial charge >= 0.3 is 0 Å². The van der Waals surface area contributed by atoms with Crippen molar-refractivity contribution < 1.29 is 0 Å². The molecule has 0 spiro atoms. The van der Waals surface area contributed by atoms with E-state index in [2.05, 4.69) is 22.7 Å². The molecule has 0 aromatic rings. The third-order valence-electron chi connectivity index (χ3n) is 2.09. The number of nitrogens with one attached hydrogen (secondary N) is 2. The summed E-state index contributed by atoms with van der Waals surface area (Å²) < 4.78 is 0. The lowest BCUT2D eigenvalue weighted by Gasteiger charge is -2.06. The van der Waals surface area contributed by atoms with Crippen molar-refractivity contribution in [3.63, 3.8) is 0 Å². The standard InChI is InChI=1S/C9H20N4/c1-2-3-4-7-11-9(13-10)12-8-5-6-8/h8H,2-7,10H2,1H3,(H2,11,12,13). The van der Waals surface area contributed by atoms with Crippen LogP contribution in [0.25, 0.3) is 0 Å². The van der Waals surface area contributed by atoms with Crippen molar-refractivity contribution in [3.05, 3.63) is 0 Å². The second-order valence-electron chi connectivity index (χ2n) is 3.50. The molecule has 0 aromatic heterocycles. The zero-order valence-corrected chi connectivity index (χ0v) is 8.34. The lowest BCUT2D eigenvalue weighted by atomic mass is 10.2. The van der Waals surface area contributed by atoms with E-state index in [1.807, 2.05) is 0 Å². The topological polar surface area (TPSA) is 62.4 Å². The molecule has 4 heteroatoms. The Hall–Kier alpha value is -0.770. The Balaban J connectivity index is 2.10. The lowest BCUT2D eigenvalue weighted by molar-refractivity contribution is 0.717. The van der Waals surface area contributed by atoms with Crippen LogP contribution in [-0.2, 0) is 0 Å². The molecular formula is C9H20N4. The average Bonchev–Trinajstić information content (AvgIpc) is 2.94. The van der Waals surface area contributed by atoms with Gasteiger partial charge in [0.2, 0.25) is 5.96 Å². The summed E-state index contributed by atoms with van der Waals surface area (Å²) in [6.07, 6.45) is 6.11. The van der Waals surface area contributed by atoms with Gasteiger partial charge in [0.1, 0.15) is 0 Å². The van der Waals surface area contributed by atoms with Crippen LogP contribution in [0, 0.1) is 0 Å². The van der Waals surface area contributed by atoms with Gasteiger partial charge in [-0.05, 0) is 19.3 Å². The molecule has 0 heterocycles. The van der Waals surface area contributed by atoms with Crippen LogP contribution in [0.5, 0.6) is 0 Å². The Labute approximate surface area is 80.0 Å². The number of hydrogen-bond acceptors (Lipinski definition) is 2. The summed E-state index contributed by atoms with van der Waals surface area (Å²) in [6, 6.07) is 0.612. The van der Waals surface area contributed by atoms with Gasteiger partial charge in [0.25, 0.3) is 0 Å². The minimum Gasteiger partial charge on any atom is -0.353 e. The molecule has 13 heavy (non-hydrogen) atoms. The minimum absolute atomic E-state index is 0.612. The fourth-order valence-corrected chi connectivity index (χ4v) is 1.11. The summed E-state index contributed by atoms with van der Waals surface area (Å²) in [5, 5.41) is 3.23. The molecule has 0 aliphatic heterocycles. The van der Waals surface area contributed by atoms with E-state index >= 15 is 0 Å². The van der Waals surface area contributed by atoms with Crippen LogP contribution in [0.1, 0.15) is 39.0 Å². The summed E-state index contributed by atoms with van der Waals surface area (Å²) in [6.45, 7) is 3.06. The van der Waals surface area contributed by atoms with Crippen molar-refractivity contribution in [1.82, 2.24) is 10.7 Å². The number of hydrazine groups is 1. The highest BCUT2D eigenvalue weighted by Crippen LogP contribution is 2.18. The van der Waals surface area contributed by atoms with Crippen LogP contribution in [0.15, 0.2) is 4.99 Å². The summed E-state index contributed by atoms with van der Waals surface area (Å²) in [5.74, 6) is 6.07. The fourth-order valence-electron chi connectivity index (χ4n) is 1.11.